The van der Waals surface area contributed by atoms with Crippen molar-refractivity contribution in [2.45, 2.75) is 58.8 Å². The number of benzene rings is 4. The molecule has 4 aromatic carbocycles. The molecule has 1 aliphatic rings. The number of nitrogens with one attached hydrogen (secondary N) is 1. The number of likely N-dealkylation sites (N-methyl/N-ethyl adjacent to an activating group) is 1. The predicted octanol–water partition coefficient (Wildman–Crippen LogP) is 5.77. The van der Waals surface area contributed by atoms with Crippen LogP contribution in [0, 0.1) is 0 Å². The van der Waals surface area contributed by atoms with Crippen LogP contribution in [0.5, 0.6) is 5.75 Å². The summed E-state index contributed by atoms with van der Waals surface area (Å²) in [6, 6.07) is 19.4. The lowest BCUT2D eigenvalue weighted by Gasteiger charge is -2.30. The summed E-state index contributed by atoms with van der Waals surface area (Å²) in [6.45, 7) is 7.76. The van der Waals surface area contributed by atoms with Crippen molar-refractivity contribution >= 4 is 57.7 Å². The Morgan fingerprint density at radius 1 is 0.889 bits per heavy atom. The molecule has 4 amide bonds. The second-order valence-corrected chi connectivity index (χ2v) is 14.0. The summed E-state index contributed by atoms with van der Waals surface area (Å²) < 4.78 is 16.1. The summed E-state index contributed by atoms with van der Waals surface area (Å²) in [5.41, 5.74) is 1.62. The normalized spacial score (nSPS) is 14.7. The number of hydrogen-bond donors (Lipinski definition) is 1. The second-order valence-electron chi connectivity index (χ2n) is 14.0. The molecule has 0 aromatic heterocycles. The summed E-state index contributed by atoms with van der Waals surface area (Å²) in [4.78, 5) is 84.2. The maximum absolute atomic E-state index is 14.8. The number of hydrogen-bond acceptors (Lipinski definition) is 9. The fourth-order valence-corrected chi connectivity index (χ4v) is 6.14. The Labute approximate surface area is 313 Å². The molecule has 1 N–H and O–H groups in total. The summed E-state index contributed by atoms with van der Waals surface area (Å²) in [5, 5.41) is 4.20. The van der Waals surface area contributed by atoms with Crippen molar-refractivity contribution in [1.29, 1.82) is 0 Å². The minimum absolute atomic E-state index is 0.0526. The highest BCUT2D eigenvalue weighted by molar-refractivity contribution is 6.13. The SMILES string of the molecule is COC(=O)c1ccc2c(CN3C(=O)[C@@H](NC(=O)[C@H](C)N(C)C(=O)OC(C)(C)C)CN(C(=O)c4ccc(C(C)=O)cc4)c4ccccc43)c(OC)ccc2c1. The van der Waals surface area contributed by atoms with Crippen LogP contribution in [-0.2, 0) is 25.6 Å². The number of nitrogens with zero attached hydrogens (tertiary/aromatic N) is 3. The Morgan fingerprint density at radius 3 is 2.13 bits per heavy atom. The zero-order valence-corrected chi connectivity index (χ0v) is 31.6. The summed E-state index contributed by atoms with van der Waals surface area (Å²) in [5.74, 6) is -1.84. The van der Waals surface area contributed by atoms with Gasteiger partial charge >= 0.3 is 12.1 Å². The number of Topliss-reactive ketones (excluding diaryl/α,β-unsaturated/α-hetero) is 1. The first kappa shape index (κ1) is 39.0. The largest absolute Gasteiger partial charge is 0.496 e. The first-order valence-electron chi connectivity index (χ1n) is 17.3. The maximum Gasteiger partial charge on any atom is 0.410 e. The number of amides is 4. The Morgan fingerprint density at radius 2 is 1.52 bits per heavy atom. The fraction of sp³-hybridized carbons (Fsp3) is 0.317. The van der Waals surface area contributed by atoms with Crippen molar-refractivity contribution in [3.05, 3.63) is 101 Å². The molecule has 0 bridgehead atoms. The van der Waals surface area contributed by atoms with E-state index in [1.165, 1.54) is 44.9 Å². The molecule has 1 heterocycles. The molecule has 5 rings (SSSR count). The molecule has 54 heavy (non-hydrogen) atoms. The van der Waals surface area contributed by atoms with Gasteiger partial charge in [0.25, 0.3) is 11.8 Å². The molecule has 0 saturated carbocycles. The van der Waals surface area contributed by atoms with Gasteiger partial charge in [0, 0.05) is 23.7 Å². The van der Waals surface area contributed by atoms with Crippen molar-refractivity contribution < 1.29 is 43.0 Å². The lowest BCUT2D eigenvalue weighted by Crippen LogP contribution is -2.57. The van der Waals surface area contributed by atoms with Crippen LogP contribution in [0.15, 0.2) is 78.9 Å². The van der Waals surface area contributed by atoms with E-state index in [4.69, 9.17) is 14.2 Å². The molecule has 0 aliphatic carbocycles. The molecular formula is C41H44N4O9. The van der Waals surface area contributed by atoms with Gasteiger partial charge in [-0.2, -0.15) is 0 Å². The van der Waals surface area contributed by atoms with E-state index < -0.39 is 47.5 Å². The lowest BCUT2D eigenvalue weighted by atomic mass is 10.00. The van der Waals surface area contributed by atoms with Gasteiger partial charge in [-0.05, 0) is 87.9 Å². The van der Waals surface area contributed by atoms with Gasteiger partial charge in [0.1, 0.15) is 23.4 Å². The highest BCUT2D eigenvalue weighted by Gasteiger charge is 2.39. The topological polar surface area (TPSA) is 152 Å². The predicted molar refractivity (Wildman–Crippen MR) is 203 cm³/mol. The van der Waals surface area contributed by atoms with E-state index in [1.807, 2.05) is 0 Å². The number of rotatable bonds is 9. The maximum atomic E-state index is 14.8. The van der Waals surface area contributed by atoms with Crippen molar-refractivity contribution in [3.63, 3.8) is 0 Å². The van der Waals surface area contributed by atoms with E-state index in [9.17, 15) is 28.8 Å². The average Bonchev–Trinajstić information content (AvgIpc) is 3.26. The Balaban J connectivity index is 1.61. The van der Waals surface area contributed by atoms with Gasteiger partial charge < -0.3 is 29.3 Å². The number of para-hydroxylation sites is 2. The minimum Gasteiger partial charge on any atom is -0.496 e. The third-order valence-electron chi connectivity index (χ3n) is 9.18. The monoisotopic (exact) mass is 736 g/mol. The van der Waals surface area contributed by atoms with Crippen LogP contribution in [-0.4, -0.2) is 86.0 Å². The number of fused-ring (bicyclic) bond motifs is 2. The van der Waals surface area contributed by atoms with Crippen molar-refractivity contribution in [1.82, 2.24) is 10.2 Å². The molecule has 4 aromatic rings. The van der Waals surface area contributed by atoms with Gasteiger partial charge in [-0.1, -0.05) is 36.4 Å². The van der Waals surface area contributed by atoms with Crippen molar-refractivity contribution in [3.8, 4) is 5.75 Å². The second kappa shape index (κ2) is 15.8. The molecule has 0 spiro atoms. The highest BCUT2D eigenvalue weighted by Crippen LogP contribution is 2.38. The molecule has 13 heteroatoms. The number of ketones is 1. The van der Waals surface area contributed by atoms with Gasteiger partial charge in [0.2, 0.25) is 5.91 Å². The number of carbonyl (C=O) groups is 6. The van der Waals surface area contributed by atoms with E-state index in [0.29, 0.717) is 44.6 Å². The zero-order chi connectivity index (χ0) is 39.5. The van der Waals surface area contributed by atoms with Crippen LogP contribution in [0.2, 0.25) is 0 Å². The first-order valence-corrected chi connectivity index (χ1v) is 17.3. The number of ether oxygens (including phenoxy) is 3. The van der Waals surface area contributed by atoms with Gasteiger partial charge in [-0.15, -0.1) is 0 Å². The number of esters is 1. The van der Waals surface area contributed by atoms with Crippen LogP contribution in [0.25, 0.3) is 10.8 Å². The van der Waals surface area contributed by atoms with Crippen molar-refractivity contribution in [2.24, 2.45) is 0 Å². The van der Waals surface area contributed by atoms with E-state index in [-0.39, 0.29) is 24.4 Å². The molecule has 0 saturated heterocycles. The summed E-state index contributed by atoms with van der Waals surface area (Å²) in [6.07, 6.45) is -0.726. The molecular weight excluding hydrogens is 692 g/mol. The summed E-state index contributed by atoms with van der Waals surface area (Å²) >= 11 is 0. The molecule has 1 aliphatic heterocycles. The van der Waals surface area contributed by atoms with Gasteiger partial charge in [0.15, 0.2) is 5.78 Å². The molecule has 282 valence electrons. The molecule has 2 atom stereocenters. The first-order chi connectivity index (χ1) is 25.5. The van der Waals surface area contributed by atoms with Gasteiger partial charge in [-0.3, -0.25) is 24.1 Å². The minimum atomic E-state index is -1.29. The van der Waals surface area contributed by atoms with Crippen LogP contribution < -0.4 is 19.9 Å². The van der Waals surface area contributed by atoms with E-state index in [2.05, 4.69) is 5.32 Å². The standard InChI is InChI=1S/C41H44N4O9/c1-24(43(6)40(51)54-41(3,4)5)36(47)42-32-23-45(37(48)27-15-13-26(14-16-27)25(2)46)34-12-10-9-11-33(34)44(38(32)49)22-31-30-19-17-29(39(50)53-8)21-28(30)18-20-35(31)52-7/h9-21,24,32H,22-23H2,1-8H3,(H,42,47)/t24-,32-/m0/s1. The number of carbonyl (C=O) groups excluding carboxylic acids is 6. The van der Waals surface area contributed by atoms with Crippen LogP contribution >= 0.6 is 0 Å². The van der Waals surface area contributed by atoms with Gasteiger partial charge in [0.05, 0.1) is 44.2 Å². The van der Waals surface area contributed by atoms with E-state index >= 15 is 0 Å². The molecule has 0 unspecified atom stereocenters. The summed E-state index contributed by atoms with van der Waals surface area (Å²) in [7, 11) is 4.23. The van der Waals surface area contributed by atoms with E-state index in [1.54, 1.807) is 99.6 Å². The lowest BCUT2D eigenvalue weighted by molar-refractivity contribution is -0.130. The van der Waals surface area contributed by atoms with E-state index in [0.717, 1.165) is 4.90 Å². The smallest absolute Gasteiger partial charge is 0.410 e. The van der Waals surface area contributed by atoms with Crippen LogP contribution in [0.3, 0.4) is 0 Å². The zero-order valence-electron chi connectivity index (χ0n) is 31.6. The molecule has 13 nitrogen and oxygen atoms in total. The molecule has 0 fully saturated rings. The molecule has 0 radical (unpaired) electrons. The number of methoxy groups -OCH3 is 2. The average molecular weight is 737 g/mol. The third-order valence-corrected chi connectivity index (χ3v) is 9.18. The van der Waals surface area contributed by atoms with Crippen LogP contribution in [0.4, 0.5) is 16.2 Å². The Hall–Kier alpha value is -6.24. The quantitative estimate of drug-likeness (QED) is 0.167. The fourth-order valence-electron chi connectivity index (χ4n) is 6.14. The third kappa shape index (κ3) is 8.20. The van der Waals surface area contributed by atoms with Crippen molar-refractivity contribution in [2.75, 3.05) is 37.6 Å². The highest BCUT2D eigenvalue weighted by atomic mass is 16.6. The van der Waals surface area contributed by atoms with Gasteiger partial charge in [-0.25, -0.2) is 9.59 Å². The Kier molecular flexibility index (Phi) is 11.4. The number of anilines is 2. The Bertz CT molecular complexity index is 2120. The van der Waals surface area contributed by atoms with Crippen LogP contribution in [0.1, 0.15) is 71.3 Å².